The van der Waals surface area contributed by atoms with Crippen molar-refractivity contribution >= 4 is 17.3 Å². The fourth-order valence-electron chi connectivity index (χ4n) is 1.93. The first-order chi connectivity index (χ1) is 9.26. The molecule has 2 rings (SSSR count). The summed E-state index contributed by atoms with van der Waals surface area (Å²) >= 11 is 0. The van der Waals surface area contributed by atoms with Crippen molar-refractivity contribution in [3.63, 3.8) is 0 Å². The maximum absolute atomic E-state index is 11.6. The number of nitrogens with zero attached hydrogens (tertiary/aromatic N) is 2. The molecule has 0 saturated carbocycles. The van der Waals surface area contributed by atoms with E-state index in [-0.39, 0.29) is 12.2 Å². The summed E-state index contributed by atoms with van der Waals surface area (Å²) in [4.78, 5) is 13.5. The SMILES string of the molecule is CCOC(=O)C(C#N)=CN1CCNc2ccccc21. The molecule has 0 bridgehead atoms. The van der Waals surface area contributed by atoms with Crippen LogP contribution in [0.3, 0.4) is 0 Å². The average molecular weight is 257 g/mol. The highest BCUT2D eigenvalue weighted by atomic mass is 16.5. The van der Waals surface area contributed by atoms with Crippen LogP contribution in [0.25, 0.3) is 0 Å². The van der Waals surface area contributed by atoms with Gasteiger partial charge in [-0.2, -0.15) is 5.26 Å². The van der Waals surface area contributed by atoms with Crippen LogP contribution in [0, 0.1) is 11.3 Å². The van der Waals surface area contributed by atoms with Gasteiger partial charge in [0.1, 0.15) is 6.07 Å². The number of anilines is 2. The predicted molar refractivity (Wildman–Crippen MR) is 72.6 cm³/mol. The second-order valence-corrected chi connectivity index (χ2v) is 4.01. The van der Waals surface area contributed by atoms with E-state index in [0.717, 1.165) is 17.9 Å². The summed E-state index contributed by atoms with van der Waals surface area (Å²) in [5, 5.41) is 12.3. The van der Waals surface area contributed by atoms with E-state index in [4.69, 9.17) is 10.00 Å². The van der Waals surface area contributed by atoms with Gasteiger partial charge in [-0.25, -0.2) is 4.79 Å². The topological polar surface area (TPSA) is 65.4 Å². The average Bonchev–Trinajstić information content (AvgIpc) is 2.45. The van der Waals surface area contributed by atoms with Crippen molar-refractivity contribution < 1.29 is 9.53 Å². The van der Waals surface area contributed by atoms with Gasteiger partial charge in [0.15, 0.2) is 5.57 Å². The fraction of sp³-hybridized carbons (Fsp3) is 0.286. The summed E-state index contributed by atoms with van der Waals surface area (Å²) in [5.74, 6) is -0.582. The van der Waals surface area contributed by atoms with Gasteiger partial charge in [-0.15, -0.1) is 0 Å². The monoisotopic (exact) mass is 257 g/mol. The molecule has 98 valence electrons. The molecule has 0 aromatic heterocycles. The number of carbonyl (C=O) groups excluding carboxylic acids is 1. The van der Waals surface area contributed by atoms with Crippen LogP contribution in [0.4, 0.5) is 11.4 Å². The van der Waals surface area contributed by atoms with Gasteiger partial charge in [-0.3, -0.25) is 0 Å². The van der Waals surface area contributed by atoms with Gasteiger partial charge in [0.2, 0.25) is 0 Å². The quantitative estimate of drug-likeness (QED) is 0.509. The number of nitrogens with one attached hydrogen (secondary N) is 1. The number of rotatable bonds is 3. The summed E-state index contributed by atoms with van der Waals surface area (Å²) in [6, 6.07) is 9.66. The van der Waals surface area contributed by atoms with Gasteiger partial charge in [-0.05, 0) is 19.1 Å². The Kier molecular flexibility index (Phi) is 4.04. The number of nitriles is 1. The maximum Gasteiger partial charge on any atom is 0.350 e. The lowest BCUT2D eigenvalue weighted by atomic mass is 10.2. The van der Waals surface area contributed by atoms with Crippen molar-refractivity contribution in [3.05, 3.63) is 36.0 Å². The minimum absolute atomic E-state index is 0.0125. The molecule has 19 heavy (non-hydrogen) atoms. The highest BCUT2D eigenvalue weighted by molar-refractivity contribution is 5.93. The molecule has 0 unspecified atom stereocenters. The second kappa shape index (κ2) is 5.91. The first-order valence-electron chi connectivity index (χ1n) is 6.15. The number of hydrogen-bond donors (Lipinski definition) is 1. The van der Waals surface area contributed by atoms with E-state index in [9.17, 15) is 4.79 Å². The molecule has 1 aromatic carbocycles. The maximum atomic E-state index is 11.6. The molecule has 0 atom stereocenters. The Morgan fingerprint density at radius 2 is 2.37 bits per heavy atom. The van der Waals surface area contributed by atoms with Gasteiger partial charge in [-0.1, -0.05) is 12.1 Å². The van der Waals surface area contributed by atoms with Crippen molar-refractivity contribution in [1.29, 1.82) is 5.26 Å². The molecule has 0 fully saturated rings. The van der Waals surface area contributed by atoms with Gasteiger partial charge in [0.05, 0.1) is 18.0 Å². The first-order valence-corrected chi connectivity index (χ1v) is 6.15. The molecule has 5 heteroatoms. The minimum atomic E-state index is -0.582. The Morgan fingerprint density at radius 3 is 3.11 bits per heavy atom. The lowest BCUT2D eigenvalue weighted by Crippen LogP contribution is -2.30. The lowest BCUT2D eigenvalue weighted by Gasteiger charge is -2.29. The number of ether oxygens (including phenoxy) is 1. The second-order valence-electron chi connectivity index (χ2n) is 4.01. The smallest absolute Gasteiger partial charge is 0.350 e. The molecule has 0 radical (unpaired) electrons. The van der Waals surface area contributed by atoms with Crippen LogP contribution in [0.5, 0.6) is 0 Å². The normalized spacial score (nSPS) is 14.1. The molecule has 1 N–H and O–H groups in total. The van der Waals surface area contributed by atoms with Crippen LogP contribution in [0.2, 0.25) is 0 Å². The van der Waals surface area contributed by atoms with Crippen LogP contribution >= 0.6 is 0 Å². The number of fused-ring (bicyclic) bond motifs is 1. The van der Waals surface area contributed by atoms with Crippen molar-refractivity contribution in [3.8, 4) is 6.07 Å². The zero-order valence-electron chi connectivity index (χ0n) is 10.7. The van der Waals surface area contributed by atoms with Crippen LogP contribution in [-0.4, -0.2) is 25.7 Å². The molecule has 5 nitrogen and oxygen atoms in total. The zero-order chi connectivity index (χ0) is 13.7. The summed E-state index contributed by atoms with van der Waals surface area (Å²) in [6.07, 6.45) is 1.55. The summed E-state index contributed by atoms with van der Waals surface area (Å²) < 4.78 is 4.85. The Hall–Kier alpha value is -2.48. The van der Waals surface area contributed by atoms with E-state index >= 15 is 0 Å². The number of para-hydroxylation sites is 2. The highest BCUT2D eigenvalue weighted by Gasteiger charge is 2.17. The summed E-state index contributed by atoms with van der Waals surface area (Å²) in [5.41, 5.74) is 1.95. The summed E-state index contributed by atoms with van der Waals surface area (Å²) in [7, 11) is 0. The Morgan fingerprint density at radius 1 is 1.58 bits per heavy atom. The molecule has 1 heterocycles. The van der Waals surface area contributed by atoms with Gasteiger partial charge >= 0.3 is 5.97 Å². The van der Waals surface area contributed by atoms with Crippen LogP contribution < -0.4 is 10.2 Å². The highest BCUT2D eigenvalue weighted by Crippen LogP contribution is 2.28. The standard InChI is InChI=1S/C14H15N3O2/c1-2-19-14(18)11(9-15)10-17-8-7-16-12-5-3-4-6-13(12)17/h3-6,10,16H,2,7-8H2,1H3. The number of hydrogen-bond acceptors (Lipinski definition) is 5. The van der Waals surface area contributed by atoms with E-state index < -0.39 is 5.97 Å². The third kappa shape index (κ3) is 2.86. The van der Waals surface area contributed by atoms with E-state index in [1.54, 1.807) is 13.1 Å². The van der Waals surface area contributed by atoms with E-state index in [1.165, 1.54) is 0 Å². The third-order valence-corrected chi connectivity index (χ3v) is 2.78. The third-order valence-electron chi connectivity index (χ3n) is 2.78. The first kappa shape index (κ1) is 13.0. The van der Waals surface area contributed by atoms with E-state index in [1.807, 2.05) is 35.2 Å². The zero-order valence-corrected chi connectivity index (χ0v) is 10.7. The van der Waals surface area contributed by atoms with Gasteiger partial charge < -0.3 is 15.0 Å². The molecular formula is C14H15N3O2. The number of carbonyl (C=O) groups is 1. The molecule has 1 aromatic rings. The number of esters is 1. The fourth-order valence-corrected chi connectivity index (χ4v) is 1.93. The minimum Gasteiger partial charge on any atom is -0.462 e. The van der Waals surface area contributed by atoms with Gasteiger partial charge in [0, 0.05) is 19.3 Å². The van der Waals surface area contributed by atoms with Crippen molar-refractivity contribution in [2.45, 2.75) is 6.92 Å². The molecular weight excluding hydrogens is 242 g/mol. The Labute approximate surface area is 112 Å². The molecule has 0 aliphatic carbocycles. The number of benzene rings is 1. The van der Waals surface area contributed by atoms with Crippen molar-refractivity contribution in [1.82, 2.24) is 0 Å². The van der Waals surface area contributed by atoms with Crippen LogP contribution in [0.1, 0.15) is 6.92 Å². The van der Waals surface area contributed by atoms with E-state index in [0.29, 0.717) is 6.54 Å². The van der Waals surface area contributed by atoms with Crippen LogP contribution in [0.15, 0.2) is 36.0 Å². The predicted octanol–water partition coefficient (Wildman–Crippen LogP) is 1.89. The van der Waals surface area contributed by atoms with E-state index in [2.05, 4.69) is 5.32 Å². The molecule has 0 spiro atoms. The molecule has 0 saturated heterocycles. The van der Waals surface area contributed by atoms with Crippen molar-refractivity contribution in [2.75, 3.05) is 29.9 Å². The molecule has 0 amide bonds. The van der Waals surface area contributed by atoms with Crippen molar-refractivity contribution in [2.24, 2.45) is 0 Å². The van der Waals surface area contributed by atoms with Gasteiger partial charge in [0.25, 0.3) is 0 Å². The Balaban J connectivity index is 2.28. The Bertz CT molecular complexity index is 546. The lowest BCUT2D eigenvalue weighted by molar-refractivity contribution is -0.138. The largest absolute Gasteiger partial charge is 0.462 e. The molecule has 1 aliphatic heterocycles. The molecule has 1 aliphatic rings. The van der Waals surface area contributed by atoms with Crippen LogP contribution in [-0.2, 0) is 9.53 Å². The summed E-state index contributed by atoms with van der Waals surface area (Å²) in [6.45, 7) is 3.43.